The molecule has 1 aromatic rings. The van der Waals surface area contributed by atoms with Crippen LogP contribution in [-0.4, -0.2) is 39.6 Å². The van der Waals surface area contributed by atoms with Crippen molar-refractivity contribution in [3.63, 3.8) is 0 Å². The van der Waals surface area contributed by atoms with E-state index >= 15 is 0 Å². The van der Waals surface area contributed by atoms with Gasteiger partial charge in [-0.05, 0) is 31.4 Å². The van der Waals surface area contributed by atoms with Crippen LogP contribution in [0.2, 0.25) is 0 Å². The van der Waals surface area contributed by atoms with Crippen molar-refractivity contribution in [3.8, 4) is 0 Å². The molecule has 0 bridgehead atoms. The van der Waals surface area contributed by atoms with Crippen molar-refractivity contribution in [2.45, 2.75) is 45.1 Å². The first-order valence-electron chi connectivity index (χ1n) is 8.72. The third-order valence-electron chi connectivity index (χ3n) is 4.57. The molecule has 0 radical (unpaired) electrons. The van der Waals surface area contributed by atoms with Crippen LogP contribution in [0.4, 0.5) is 5.69 Å². The molecule has 1 N–H and O–H groups in total. The van der Waals surface area contributed by atoms with Crippen molar-refractivity contribution in [1.82, 2.24) is 10.0 Å². The Morgan fingerprint density at radius 2 is 1.80 bits per heavy atom. The van der Waals surface area contributed by atoms with Gasteiger partial charge in [0.2, 0.25) is 11.8 Å². The van der Waals surface area contributed by atoms with Gasteiger partial charge in [-0.25, -0.2) is 5.01 Å². The number of amides is 3. The lowest BCUT2D eigenvalue weighted by molar-refractivity contribution is -0.163. The van der Waals surface area contributed by atoms with Crippen molar-refractivity contribution in [2.24, 2.45) is 0 Å². The van der Waals surface area contributed by atoms with Gasteiger partial charge >= 0.3 is 0 Å². The fourth-order valence-corrected chi connectivity index (χ4v) is 3.67. The molecule has 7 heteroatoms. The maximum Gasteiger partial charge on any atom is 0.273 e. The van der Waals surface area contributed by atoms with Crippen molar-refractivity contribution in [3.05, 3.63) is 29.3 Å². The number of nitrogens with one attached hydrogen (secondary N) is 1. The number of rotatable bonds is 7. The number of hydrazine groups is 1. The highest BCUT2D eigenvalue weighted by molar-refractivity contribution is 9.09. The smallest absolute Gasteiger partial charge is 0.273 e. The van der Waals surface area contributed by atoms with Crippen LogP contribution in [0.5, 0.6) is 0 Å². The second kappa shape index (κ2) is 7.99. The van der Waals surface area contributed by atoms with E-state index in [1.165, 1.54) is 5.01 Å². The summed E-state index contributed by atoms with van der Waals surface area (Å²) in [5.74, 6) is -0.857. The summed E-state index contributed by atoms with van der Waals surface area (Å²) < 4.78 is 0. The molecule has 6 nitrogen and oxygen atoms in total. The lowest BCUT2D eigenvalue weighted by Gasteiger charge is -2.32. The predicted molar refractivity (Wildman–Crippen MR) is 98.2 cm³/mol. The van der Waals surface area contributed by atoms with Crippen molar-refractivity contribution in [1.29, 1.82) is 0 Å². The highest BCUT2D eigenvalue weighted by atomic mass is 79.9. The third kappa shape index (κ3) is 3.71. The van der Waals surface area contributed by atoms with Gasteiger partial charge in [-0.1, -0.05) is 28.4 Å². The number of carbonyl (C=O) groups is 3. The van der Waals surface area contributed by atoms with Crippen LogP contribution in [0, 0.1) is 0 Å². The normalized spacial score (nSPS) is 17.2. The Morgan fingerprint density at radius 1 is 1.04 bits per heavy atom. The topological polar surface area (TPSA) is 69.7 Å². The van der Waals surface area contributed by atoms with Crippen LogP contribution in [0.15, 0.2) is 18.2 Å². The lowest BCUT2D eigenvalue weighted by Crippen LogP contribution is -2.52. The first-order valence-corrected chi connectivity index (χ1v) is 9.85. The van der Waals surface area contributed by atoms with E-state index in [4.69, 9.17) is 0 Å². The Labute approximate surface area is 155 Å². The van der Waals surface area contributed by atoms with Crippen LogP contribution in [-0.2, 0) is 16.1 Å². The predicted octanol–water partition coefficient (Wildman–Crippen LogP) is 3.07. The van der Waals surface area contributed by atoms with Crippen LogP contribution in [0.25, 0.3) is 0 Å². The van der Waals surface area contributed by atoms with E-state index in [1.54, 1.807) is 6.07 Å². The van der Waals surface area contributed by atoms with Gasteiger partial charge in [-0.2, -0.15) is 5.01 Å². The number of hydrogen-bond donors (Lipinski definition) is 1. The minimum Gasteiger partial charge on any atom is -0.385 e. The van der Waals surface area contributed by atoms with Gasteiger partial charge in [0.1, 0.15) is 0 Å². The lowest BCUT2D eigenvalue weighted by atomic mass is 10.1. The molecular formula is C18H22BrN3O3. The SMILES string of the molecule is O=C1c2cccc(NCCCCCBr)c2CN1N1C(=O)CCCC1=O. The van der Waals surface area contributed by atoms with E-state index in [9.17, 15) is 14.4 Å². The zero-order valence-electron chi connectivity index (χ0n) is 14.1. The van der Waals surface area contributed by atoms with Gasteiger partial charge in [0.25, 0.3) is 5.91 Å². The van der Waals surface area contributed by atoms with E-state index in [1.807, 2.05) is 12.1 Å². The molecule has 0 aliphatic carbocycles. The van der Waals surface area contributed by atoms with E-state index in [2.05, 4.69) is 21.2 Å². The van der Waals surface area contributed by atoms with E-state index in [0.717, 1.165) is 47.4 Å². The molecule has 25 heavy (non-hydrogen) atoms. The monoisotopic (exact) mass is 407 g/mol. The molecule has 0 saturated carbocycles. The molecule has 1 fully saturated rings. The van der Waals surface area contributed by atoms with E-state index in [0.29, 0.717) is 24.8 Å². The Bertz CT molecular complexity index is 676. The average Bonchev–Trinajstić information content (AvgIpc) is 2.92. The number of nitrogens with zero attached hydrogens (tertiary/aromatic N) is 2. The minimum atomic E-state index is -0.290. The fraction of sp³-hybridized carbons (Fsp3) is 0.500. The van der Waals surface area contributed by atoms with Gasteiger partial charge in [0, 0.05) is 41.5 Å². The molecule has 134 valence electrons. The first-order chi connectivity index (χ1) is 12.1. The number of halogens is 1. The number of piperidine rings is 1. The van der Waals surface area contributed by atoms with Gasteiger partial charge in [-0.15, -0.1) is 0 Å². The van der Waals surface area contributed by atoms with Crippen LogP contribution >= 0.6 is 15.9 Å². The van der Waals surface area contributed by atoms with Crippen LogP contribution < -0.4 is 5.32 Å². The summed E-state index contributed by atoms with van der Waals surface area (Å²) in [6.07, 6.45) is 4.50. The molecule has 1 aromatic carbocycles. The molecule has 2 heterocycles. The van der Waals surface area contributed by atoms with Gasteiger partial charge in [-0.3, -0.25) is 14.4 Å². The molecular weight excluding hydrogens is 386 g/mol. The van der Waals surface area contributed by atoms with E-state index in [-0.39, 0.29) is 24.3 Å². The number of hydrogen-bond acceptors (Lipinski definition) is 4. The quantitative estimate of drug-likeness (QED) is 0.428. The highest BCUT2D eigenvalue weighted by Crippen LogP contribution is 2.32. The summed E-state index contributed by atoms with van der Waals surface area (Å²) in [5, 5.41) is 6.74. The minimum absolute atomic E-state index is 0.260. The summed E-state index contributed by atoms with van der Waals surface area (Å²) in [6, 6.07) is 5.54. The largest absolute Gasteiger partial charge is 0.385 e. The molecule has 1 saturated heterocycles. The van der Waals surface area contributed by atoms with Crippen molar-refractivity contribution >= 4 is 39.3 Å². The molecule has 0 spiro atoms. The second-order valence-electron chi connectivity index (χ2n) is 6.32. The number of benzene rings is 1. The summed E-state index contributed by atoms with van der Waals surface area (Å²) in [5.41, 5.74) is 2.33. The molecule has 0 atom stereocenters. The van der Waals surface area contributed by atoms with Crippen LogP contribution in [0.3, 0.4) is 0 Å². The van der Waals surface area contributed by atoms with Gasteiger partial charge in [0.15, 0.2) is 0 Å². The van der Waals surface area contributed by atoms with Gasteiger partial charge < -0.3 is 5.32 Å². The summed E-state index contributed by atoms with van der Waals surface area (Å²) in [6.45, 7) is 1.09. The van der Waals surface area contributed by atoms with Crippen LogP contribution in [0.1, 0.15) is 54.4 Å². The van der Waals surface area contributed by atoms with Crippen molar-refractivity contribution in [2.75, 3.05) is 17.2 Å². The maximum atomic E-state index is 12.7. The number of carbonyl (C=O) groups excluding carboxylic acids is 3. The summed E-state index contributed by atoms with van der Waals surface area (Å²) in [4.78, 5) is 37.0. The fourth-order valence-electron chi connectivity index (χ4n) is 3.28. The number of imide groups is 1. The molecule has 0 unspecified atom stereocenters. The molecule has 2 aliphatic rings. The second-order valence-corrected chi connectivity index (χ2v) is 7.12. The number of anilines is 1. The number of fused-ring (bicyclic) bond motifs is 1. The average molecular weight is 408 g/mol. The van der Waals surface area contributed by atoms with Gasteiger partial charge in [0.05, 0.1) is 6.54 Å². The number of alkyl halides is 1. The number of unbranched alkanes of at least 4 members (excludes halogenated alkanes) is 2. The summed E-state index contributed by atoms with van der Waals surface area (Å²) >= 11 is 3.42. The Hall–Kier alpha value is -1.89. The standard InChI is InChI=1S/C18H22BrN3O3/c19-10-2-1-3-11-20-15-7-4-6-13-14(15)12-21(18(13)25)22-16(23)8-5-9-17(22)24/h4,6-7,20H,1-3,5,8-12H2. The first kappa shape index (κ1) is 17.9. The molecule has 3 amide bonds. The molecule has 2 aliphatic heterocycles. The van der Waals surface area contributed by atoms with Crippen molar-refractivity contribution < 1.29 is 14.4 Å². The Kier molecular flexibility index (Phi) is 5.73. The Morgan fingerprint density at radius 3 is 2.52 bits per heavy atom. The maximum absolute atomic E-state index is 12.7. The third-order valence-corrected chi connectivity index (χ3v) is 5.13. The Balaban J connectivity index is 1.73. The van der Waals surface area contributed by atoms with E-state index < -0.39 is 0 Å². The zero-order valence-corrected chi connectivity index (χ0v) is 15.7. The zero-order chi connectivity index (χ0) is 17.8. The summed E-state index contributed by atoms with van der Waals surface area (Å²) in [7, 11) is 0. The highest BCUT2D eigenvalue weighted by Gasteiger charge is 2.39. The molecule has 0 aromatic heterocycles. The molecule has 3 rings (SSSR count).